The lowest BCUT2D eigenvalue weighted by Crippen LogP contribution is -2.14. The van der Waals surface area contributed by atoms with Crippen molar-refractivity contribution >= 4 is 22.6 Å². The fourth-order valence-electron chi connectivity index (χ4n) is 2.47. The zero-order valence-electron chi connectivity index (χ0n) is 13.7. The zero-order chi connectivity index (χ0) is 18.5. The van der Waals surface area contributed by atoms with E-state index in [1.165, 1.54) is 18.2 Å². The smallest absolute Gasteiger partial charge is 0.306 e. The van der Waals surface area contributed by atoms with Crippen molar-refractivity contribution in [1.29, 1.82) is 0 Å². The standard InChI is InChI=1S/C18H15N3O5/c22-17(26-11-12-4-3-5-13(10-12)21(24)25)9-8-16-19-15-7-2-1-6-14(15)18(23)20-16/h1-7,10H,8-9,11H2,(H,19,20,23). The normalized spacial score (nSPS) is 10.6. The van der Waals surface area contributed by atoms with E-state index in [-0.39, 0.29) is 30.7 Å². The minimum absolute atomic E-state index is 0.0379. The number of nitro groups is 1. The number of aromatic amines is 1. The molecule has 0 atom stereocenters. The van der Waals surface area contributed by atoms with Crippen LogP contribution in [-0.2, 0) is 22.6 Å². The lowest BCUT2D eigenvalue weighted by atomic mass is 10.2. The summed E-state index contributed by atoms with van der Waals surface area (Å²) in [5, 5.41) is 11.2. The van der Waals surface area contributed by atoms with Gasteiger partial charge in [-0.15, -0.1) is 0 Å². The number of para-hydroxylation sites is 1. The Balaban J connectivity index is 1.58. The topological polar surface area (TPSA) is 115 Å². The third-order valence-corrected chi connectivity index (χ3v) is 3.75. The highest BCUT2D eigenvalue weighted by Crippen LogP contribution is 2.14. The Morgan fingerprint density at radius 3 is 2.81 bits per heavy atom. The van der Waals surface area contributed by atoms with Crippen molar-refractivity contribution in [1.82, 2.24) is 9.97 Å². The molecule has 3 rings (SSSR count). The van der Waals surface area contributed by atoms with Gasteiger partial charge in [0.1, 0.15) is 12.4 Å². The number of ether oxygens (including phenoxy) is 1. The number of carbonyl (C=O) groups excluding carboxylic acids is 1. The van der Waals surface area contributed by atoms with E-state index in [9.17, 15) is 19.7 Å². The maximum Gasteiger partial charge on any atom is 0.306 e. The molecule has 132 valence electrons. The van der Waals surface area contributed by atoms with Crippen LogP contribution in [0.25, 0.3) is 10.9 Å². The number of esters is 1. The van der Waals surface area contributed by atoms with Crippen molar-refractivity contribution in [3.8, 4) is 0 Å². The molecule has 0 aliphatic carbocycles. The van der Waals surface area contributed by atoms with E-state index in [4.69, 9.17) is 4.74 Å². The van der Waals surface area contributed by atoms with Crippen molar-refractivity contribution < 1.29 is 14.5 Å². The molecule has 2 aromatic carbocycles. The zero-order valence-corrected chi connectivity index (χ0v) is 13.7. The van der Waals surface area contributed by atoms with E-state index < -0.39 is 10.9 Å². The minimum Gasteiger partial charge on any atom is -0.461 e. The van der Waals surface area contributed by atoms with E-state index in [2.05, 4.69) is 9.97 Å². The van der Waals surface area contributed by atoms with Gasteiger partial charge in [-0.3, -0.25) is 19.7 Å². The molecule has 0 aliphatic rings. The number of non-ortho nitro benzene ring substituents is 1. The first kappa shape index (κ1) is 17.3. The number of rotatable bonds is 6. The first-order valence-corrected chi connectivity index (χ1v) is 7.90. The molecular weight excluding hydrogens is 338 g/mol. The summed E-state index contributed by atoms with van der Waals surface area (Å²) in [5.74, 6) is -0.0756. The number of aryl methyl sites for hydroxylation is 1. The molecule has 0 spiro atoms. The van der Waals surface area contributed by atoms with Crippen molar-refractivity contribution in [2.24, 2.45) is 0 Å². The van der Waals surface area contributed by atoms with Gasteiger partial charge in [-0.2, -0.15) is 0 Å². The highest BCUT2D eigenvalue weighted by atomic mass is 16.6. The summed E-state index contributed by atoms with van der Waals surface area (Å²) in [6, 6.07) is 12.8. The first-order chi connectivity index (χ1) is 12.5. The van der Waals surface area contributed by atoms with Crippen LogP contribution in [0.2, 0.25) is 0 Å². The number of H-pyrrole nitrogens is 1. The van der Waals surface area contributed by atoms with Crippen molar-refractivity contribution in [2.75, 3.05) is 0 Å². The second-order valence-corrected chi connectivity index (χ2v) is 5.62. The van der Waals surface area contributed by atoms with Crippen LogP contribution in [0.5, 0.6) is 0 Å². The van der Waals surface area contributed by atoms with Crippen LogP contribution in [0.15, 0.2) is 53.3 Å². The number of aromatic nitrogens is 2. The van der Waals surface area contributed by atoms with Gasteiger partial charge in [0.25, 0.3) is 11.2 Å². The summed E-state index contributed by atoms with van der Waals surface area (Å²) < 4.78 is 5.12. The molecule has 0 radical (unpaired) electrons. The molecular formula is C18H15N3O5. The third-order valence-electron chi connectivity index (χ3n) is 3.75. The summed E-state index contributed by atoms with van der Waals surface area (Å²) in [4.78, 5) is 41.1. The van der Waals surface area contributed by atoms with E-state index in [1.54, 1.807) is 30.3 Å². The van der Waals surface area contributed by atoms with Crippen LogP contribution < -0.4 is 5.56 Å². The van der Waals surface area contributed by atoms with Crippen LogP contribution >= 0.6 is 0 Å². The molecule has 0 bridgehead atoms. The Labute approximate surface area is 147 Å². The molecule has 0 amide bonds. The molecule has 1 heterocycles. The van der Waals surface area contributed by atoms with E-state index in [0.29, 0.717) is 22.3 Å². The summed E-state index contributed by atoms with van der Waals surface area (Å²) >= 11 is 0. The summed E-state index contributed by atoms with van der Waals surface area (Å²) in [6.45, 7) is -0.0534. The molecule has 3 aromatic rings. The average Bonchev–Trinajstić information content (AvgIpc) is 2.65. The van der Waals surface area contributed by atoms with Gasteiger partial charge in [-0.1, -0.05) is 24.3 Å². The maximum atomic E-state index is 12.0. The van der Waals surface area contributed by atoms with Gasteiger partial charge in [0, 0.05) is 18.6 Å². The quantitative estimate of drug-likeness (QED) is 0.413. The van der Waals surface area contributed by atoms with Crippen molar-refractivity contribution in [3.63, 3.8) is 0 Å². The third kappa shape index (κ3) is 4.10. The Kier molecular flexibility index (Phi) is 5.02. The monoisotopic (exact) mass is 353 g/mol. The molecule has 0 saturated heterocycles. The number of hydrogen-bond donors (Lipinski definition) is 1. The molecule has 0 aliphatic heterocycles. The van der Waals surface area contributed by atoms with Gasteiger partial charge in [-0.25, -0.2) is 4.98 Å². The Bertz CT molecular complexity index is 1030. The van der Waals surface area contributed by atoms with Crippen LogP contribution in [0.3, 0.4) is 0 Å². The summed E-state index contributed by atoms with van der Waals surface area (Å²) in [5.41, 5.74) is 0.785. The number of fused-ring (bicyclic) bond motifs is 1. The Morgan fingerprint density at radius 2 is 2.00 bits per heavy atom. The van der Waals surface area contributed by atoms with Crippen LogP contribution in [0.1, 0.15) is 17.8 Å². The fraction of sp³-hybridized carbons (Fsp3) is 0.167. The number of nitrogens with one attached hydrogen (secondary N) is 1. The van der Waals surface area contributed by atoms with Gasteiger partial charge >= 0.3 is 5.97 Å². The molecule has 1 N–H and O–H groups in total. The second-order valence-electron chi connectivity index (χ2n) is 5.62. The van der Waals surface area contributed by atoms with E-state index >= 15 is 0 Å². The summed E-state index contributed by atoms with van der Waals surface area (Å²) in [6.07, 6.45) is 0.268. The molecule has 8 heteroatoms. The van der Waals surface area contributed by atoms with E-state index in [1.807, 2.05) is 0 Å². The molecule has 8 nitrogen and oxygen atoms in total. The number of nitro benzene ring substituents is 1. The van der Waals surface area contributed by atoms with E-state index in [0.717, 1.165) is 0 Å². The summed E-state index contributed by atoms with van der Waals surface area (Å²) in [7, 11) is 0. The number of nitrogens with zero attached hydrogens (tertiary/aromatic N) is 2. The maximum absolute atomic E-state index is 12.0. The Morgan fingerprint density at radius 1 is 1.19 bits per heavy atom. The number of carbonyl (C=O) groups is 1. The van der Waals surface area contributed by atoms with Crippen LogP contribution in [-0.4, -0.2) is 20.9 Å². The van der Waals surface area contributed by atoms with Gasteiger partial charge in [0.15, 0.2) is 0 Å². The first-order valence-electron chi connectivity index (χ1n) is 7.90. The molecule has 0 saturated carbocycles. The molecule has 1 aromatic heterocycles. The van der Waals surface area contributed by atoms with Gasteiger partial charge in [-0.05, 0) is 17.7 Å². The predicted molar refractivity (Wildman–Crippen MR) is 93.6 cm³/mol. The molecule has 0 unspecified atom stereocenters. The van der Waals surface area contributed by atoms with Crippen LogP contribution in [0.4, 0.5) is 5.69 Å². The highest BCUT2D eigenvalue weighted by Gasteiger charge is 2.10. The molecule has 26 heavy (non-hydrogen) atoms. The number of benzene rings is 2. The predicted octanol–water partition coefficient (Wildman–Crippen LogP) is 2.51. The molecule has 0 fully saturated rings. The Hall–Kier alpha value is -3.55. The fourth-order valence-corrected chi connectivity index (χ4v) is 2.47. The highest BCUT2D eigenvalue weighted by molar-refractivity contribution is 5.77. The number of hydrogen-bond acceptors (Lipinski definition) is 6. The lowest BCUT2D eigenvalue weighted by Gasteiger charge is -2.05. The largest absolute Gasteiger partial charge is 0.461 e. The average molecular weight is 353 g/mol. The van der Waals surface area contributed by atoms with Crippen LogP contribution in [0, 0.1) is 10.1 Å². The van der Waals surface area contributed by atoms with Gasteiger partial charge in [0.05, 0.1) is 22.2 Å². The van der Waals surface area contributed by atoms with Gasteiger partial charge in [0.2, 0.25) is 0 Å². The SMILES string of the molecule is O=C(CCc1nc2ccccc2c(=O)[nH]1)OCc1cccc([N+](=O)[O-])c1. The lowest BCUT2D eigenvalue weighted by molar-refractivity contribution is -0.384. The second kappa shape index (κ2) is 7.56. The van der Waals surface area contributed by atoms with Crippen molar-refractivity contribution in [3.05, 3.63) is 80.4 Å². The minimum atomic E-state index is -0.507. The van der Waals surface area contributed by atoms with Crippen molar-refractivity contribution in [2.45, 2.75) is 19.4 Å². The van der Waals surface area contributed by atoms with Gasteiger partial charge < -0.3 is 9.72 Å².